The zero-order chi connectivity index (χ0) is 12.8. The highest BCUT2D eigenvalue weighted by molar-refractivity contribution is 5.97. The van der Waals surface area contributed by atoms with Gasteiger partial charge >= 0.3 is 0 Å². The van der Waals surface area contributed by atoms with E-state index in [1.54, 1.807) is 6.33 Å². The van der Waals surface area contributed by atoms with Gasteiger partial charge in [0.15, 0.2) is 0 Å². The number of nitrogens with zero attached hydrogens (tertiary/aromatic N) is 2. The molecule has 4 nitrogen and oxygen atoms in total. The summed E-state index contributed by atoms with van der Waals surface area (Å²) in [6.45, 7) is 0.949. The fourth-order valence-corrected chi connectivity index (χ4v) is 2.60. The molecule has 1 aromatic heterocycles. The molecular formula is C15H17N3O. The summed E-state index contributed by atoms with van der Waals surface area (Å²) in [6, 6.07) is 6.23. The molecule has 2 saturated carbocycles. The lowest BCUT2D eigenvalue weighted by Crippen LogP contribution is -2.34. The van der Waals surface area contributed by atoms with Gasteiger partial charge in [0, 0.05) is 18.2 Å². The molecule has 4 rings (SSSR count). The van der Waals surface area contributed by atoms with Gasteiger partial charge in [0.2, 0.25) is 0 Å². The summed E-state index contributed by atoms with van der Waals surface area (Å²) in [5, 5.41) is 0. The van der Waals surface area contributed by atoms with Crippen LogP contribution in [-0.2, 0) is 0 Å². The van der Waals surface area contributed by atoms with Crippen molar-refractivity contribution < 1.29 is 4.79 Å². The molecule has 1 heterocycles. The number of benzene rings is 1. The van der Waals surface area contributed by atoms with Crippen molar-refractivity contribution in [3.8, 4) is 0 Å². The van der Waals surface area contributed by atoms with E-state index in [1.807, 2.05) is 18.2 Å². The van der Waals surface area contributed by atoms with E-state index in [1.165, 1.54) is 25.7 Å². The average Bonchev–Trinajstić information content (AvgIpc) is 3.33. The fraction of sp³-hybridized carbons (Fsp3) is 0.467. The Kier molecular flexibility index (Phi) is 2.37. The number of hydrogen-bond donors (Lipinski definition) is 1. The highest BCUT2D eigenvalue weighted by Gasteiger charge is 2.36. The lowest BCUT2D eigenvalue weighted by atomic mass is 10.1. The lowest BCUT2D eigenvalue weighted by molar-refractivity contribution is 0.0735. The number of aromatic nitrogens is 2. The van der Waals surface area contributed by atoms with Gasteiger partial charge in [0.1, 0.15) is 0 Å². The van der Waals surface area contributed by atoms with Crippen LogP contribution in [0, 0.1) is 5.92 Å². The van der Waals surface area contributed by atoms with Crippen LogP contribution >= 0.6 is 0 Å². The van der Waals surface area contributed by atoms with Gasteiger partial charge in [-0.2, -0.15) is 0 Å². The van der Waals surface area contributed by atoms with Crippen molar-refractivity contribution >= 4 is 16.9 Å². The van der Waals surface area contributed by atoms with Gasteiger partial charge in [-0.15, -0.1) is 0 Å². The second-order valence-electron chi connectivity index (χ2n) is 5.77. The molecule has 0 radical (unpaired) electrons. The first-order chi connectivity index (χ1) is 9.31. The van der Waals surface area contributed by atoms with Crippen LogP contribution in [0.15, 0.2) is 24.5 Å². The van der Waals surface area contributed by atoms with Crippen LogP contribution in [0.5, 0.6) is 0 Å². The predicted molar refractivity (Wildman–Crippen MR) is 72.9 cm³/mol. The van der Waals surface area contributed by atoms with E-state index >= 15 is 0 Å². The minimum atomic E-state index is 0.186. The van der Waals surface area contributed by atoms with Crippen LogP contribution < -0.4 is 0 Å². The number of carbonyl (C=O) groups excluding carboxylic acids is 1. The Hall–Kier alpha value is -1.84. The number of carbonyl (C=O) groups is 1. The molecule has 0 saturated heterocycles. The highest BCUT2D eigenvalue weighted by Crippen LogP contribution is 2.35. The second kappa shape index (κ2) is 4.08. The van der Waals surface area contributed by atoms with Crippen LogP contribution in [-0.4, -0.2) is 33.4 Å². The maximum absolute atomic E-state index is 12.6. The first-order valence-electron chi connectivity index (χ1n) is 7.05. The van der Waals surface area contributed by atoms with Gasteiger partial charge in [-0.25, -0.2) is 4.98 Å². The van der Waals surface area contributed by atoms with Crippen molar-refractivity contribution in [2.45, 2.75) is 31.7 Å². The molecule has 1 aromatic carbocycles. The van der Waals surface area contributed by atoms with Crippen LogP contribution in [0.4, 0.5) is 0 Å². The van der Waals surface area contributed by atoms with Gasteiger partial charge in [0.25, 0.3) is 5.91 Å². The van der Waals surface area contributed by atoms with Gasteiger partial charge in [-0.05, 0) is 49.8 Å². The molecule has 0 bridgehead atoms. The molecule has 0 unspecified atom stereocenters. The Balaban J connectivity index is 1.62. The summed E-state index contributed by atoms with van der Waals surface area (Å²) < 4.78 is 0. The summed E-state index contributed by atoms with van der Waals surface area (Å²) >= 11 is 0. The maximum Gasteiger partial charge on any atom is 0.254 e. The number of hydrogen-bond acceptors (Lipinski definition) is 2. The zero-order valence-corrected chi connectivity index (χ0v) is 10.8. The molecule has 98 valence electrons. The minimum Gasteiger partial charge on any atom is -0.345 e. The van der Waals surface area contributed by atoms with Crippen molar-refractivity contribution in [3.63, 3.8) is 0 Å². The number of H-pyrrole nitrogens is 1. The topological polar surface area (TPSA) is 49.0 Å². The van der Waals surface area contributed by atoms with Gasteiger partial charge < -0.3 is 9.88 Å². The van der Waals surface area contributed by atoms with E-state index < -0.39 is 0 Å². The van der Waals surface area contributed by atoms with Crippen molar-refractivity contribution in [1.29, 1.82) is 0 Å². The first-order valence-corrected chi connectivity index (χ1v) is 7.05. The number of fused-ring (bicyclic) bond motifs is 1. The van der Waals surface area contributed by atoms with Crippen LogP contribution in [0.1, 0.15) is 36.0 Å². The molecule has 2 aromatic rings. The van der Waals surface area contributed by atoms with E-state index in [2.05, 4.69) is 14.9 Å². The van der Waals surface area contributed by atoms with Gasteiger partial charge in [-0.3, -0.25) is 4.79 Å². The Bertz CT molecular complexity index is 625. The Labute approximate surface area is 111 Å². The first kappa shape index (κ1) is 11.0. The Morgan fingerprint density at radius 2 is 2.16 bits per heavy atom. The molecular weight excluding hydrogens is 238 g/mol. The van der Waals surface area contributed by atoms with E-state index in [4.69, 9.17) is 0 Å². The average molecular weight is 255 g/mol. The number of nitrogens with one attached hydrogen (secondary N) is 1. The number of amides is 1. The molecule has 19 heavy (non-hydrogen) atoms. The predicted octanol–water partition coefficient (Wildman–Crippen LogP) is 2.58. The third kappa shape index (κ3) is 2.11. The fourth-order valence-electron chi connectivity index (χ4n) is 2.60. The minimum absolute atomic E-state index is 0.186. The normalized spacial score (nSPS) is 18.7. The Morgan fingerprint density at radius 1 is 1.32 bits per heavy atom. The van der Waals surface area contributed by atoms with Gasteiger partial charge in [-0.1, -0.05) is 0 Å². The quantitative estimate of drug-likeness (QED) is 0.912. The van der Waals surface area contributed by atoms with Crippen molar-refractivity contribution in [2.75, 3.05) is 6.54 Å². The molecule has 2 fully saturated rings. The van der Waals surface area contributed by atoms with Crippen molar-refractivity contribution in [2.24, 2.45) is 5.92 Å². The van der Waals surface area contributed by atoms with E-state index in [9.17, 15) is 4.79 Å². The maximum atomic E-state index is 12.6. The van der Waals surface area contributed by atoms with E-state index in [-0.39, 0.29) is 5.91 Å². The Morgan fingerprint density at radius 3 is 2.89 bits per heavy atom. The standard InChI is InChI=1S/C15H17N3O/c19-15(18(12-4-5-12)8-10-1-2-10)11-3-6-13-14(7-11)17-9-16-13/h3,6-7,9-10,12H,1-2,4-5,8H2,(H,16,17). The summed E-state index contributed by atoms with van der Waals surface area (Å²) in [7, 11) is 0. The molecule has 4 heteroatoms. The monoisotopic (exact) mass is 255 g/mol. The zero-order valence-electron chi connectivity index (χ0n) is 10.8. The third-order valence-corrected chi connectivity index (χ3v) is 4.07. The second-order valence-corrected chi connectivity index (χ2v) is 5.77. The van der Waals surface area contributed by atoms with Crippen LogP contribution in [0.25, 0.3) is 11.0 Å². The van der Waals surface area contributed by atoms with E-state index in [0.29, 0.717) is 6.04 Å². The number of aromatic amines is 1. The lowest BCUT2D eigenvalue weighted by Gasteiger charge is -2.22. The third-order valence-electron chi connectivity index (χ3n) is 4.07. The molecule has 0 spiro atoms. The smallest absolute Gasteiger partial charge is 0.254 e. The molecule has 0 aliphatic heterocycles. The molecule has 2 aliphatic carbocycles. The molecule has 2 aliphatic rings. The summed E-state index contributed by atoms with van der Waals surface area (Å²) in [6.07, 6.45) is 6.59. The van der Waals surface area contributed by atoms with Crippen molar-refractivity contribution in [3.05, 3.63) is 30.1 Å². The summed E-state index contributed by atoms with van der Waals surface area (Å²) in [5.74, 6) is 0.936. The van der Waals surface area contributed by atoms with E-state index in [0.717, 1.165) is 29.1 Å². The molecule has 0 atom stereocenters. The van der Waals surface area contributed by atoms with Crippen LogP contribution in [0.3, 0.4) is 0 Å². The largest absolute Gasteiger partial charge is 0.345 e. The molecule has 1 N–H and O–H groups in total. The molecule has 1 amide bonds. The summed E-state index contributed by atoms with van der Waals surface area (Å²) in [4.78, 5) is 22.0. The summed E-state index contributed by atoms with van der Waals surface area (Å²) in [5.41, 5.74) is 2.63. The highest BCUT2D eigenvalue weighted by atomic mass is 16.2. The number of imidazole rings is 1. The number of rotatable bonds is 4. The van der Waals surface area contributed by atoms with Crippen LogP contribution in [0.2, 0.25) is 0 Å². The van der Waals surface area contributed by atoms with Gasteiger partial charge in [0.05, 0.1) is 17.4 Å². The van der Waals surface area contributed by atoms with Crippen molar-refractivity contribution in [1.82, 2.24) is 14.9 Å². The SMILES string of the molecule is O=C(c1ccc2nc[nH]c2c1)N(CC1CC1)C1CC1.